The molecule has 0 aromatic carbocycles. The number of ether oxygens (including phenoxy) is 2. The molecule has 0 unspecified atom stereocenters. The minimum Gasteiger partial charge on any atom is -0.447 e. The molecule has 0 fully saturated rings. The van der Waals surface area contributed by atoms with Crippen molar-refractivity contribution >= 4 is 35.4 Å². The van der Waals surface area contributed by atoms with Gasteiger partial charge >= 0.3 is 12.2 Å². The summed E-state index contributed by atoms with van der Waals surface area (Å²) in [7, 11) is 0. The Morgan fingerprint density at radius 2 is 1.29 bits per heavy atom. The highest BCUT2D eigenvalue weighted by Crippen LogP contribution is 1.81. The van der Waals surface area contributed by atoms with Gasteiger partial charge in [-0.15, -0.1) is 23.2 Å². The maximum Gasteiger partial charge on any atom is 0.426 e. The van der Waals surface area contributed by atoms with E-state index in [0.717, 1.165) is 0 Å². The third kappa shape index (κ3) is 7.75. The minimum atomic E-state index is -0.812. The fraction of sp³-hybridized carbons (Fsp3) is 0.667. The SMILES string of the molecule is O=C(NNC(=O)OCCCl)OCCCl. The maximum atomic E-state index is 10.7. The molecule has 6 nitrogen and oxygen atoms in total. The molecule has 0 atom stereocenters. The average Bonchev–Trinajstić information content (AvgIpc) is 2.20. The van der Waals surface area contributed by atoms with Crippen LogP contribution >= 0.6 is 23.2 Å². The third-order valence-electron chi connectivity index (χ3n) is 0.887. The van der Waals surface area contributed by atoms with Gasteiger partial charge in [-0.2, -0.15) is 0 Å². The van der Waals surface area contributed by atoms with Crippen molar-refractivity contribution in [2.24, 2.45) is 0 Å². The van der Waals surface area contributed by atoms with E-state index in [1.807, 2.05) is 10.9 Å². The van der Waals surface area contributed by atoms with Crippen LogP contribution in [0.2, 0.25) is 0 Å². The second kappa shape index (κ2) is 8.71. The number of hydrazine groups is 1. The zero-order valence-corrected chi connectivity index (χ0v) is 8.73. The van der Waals surface area contributed by atoms with Crippen LogP contribution in [-0.2, 0) is 9.47 Å². The van der Waals surface area contributed by atoms with Gasteiger partial charge in [-0.1, -0.05) is 0 Å². The second-order valence-corrected chi connectivity index (χ2v) is 2.66. The highest BCUT2D eigenvalue weighted by atomic mass is 35.5. The smallest absolute Gasteiger partial charge is 0.426 e. The van der Waals surface area contributed by atoms with Crippen LogP contribution in [0.5, 0.6) is 0 Å². The van der Waals surface area contributed by atoms with E-state index < -0.39 is 12.2 Å². The van der Waals surface area contributed by atoms with E-state index in [0.29, 0.717) is 0 Å². The molecule has 2 amide bonds. The van der Waals surface area contributed by atoms with Gasteiger partial charge in [-0.3, -0.25) is 0 Å². The summed E-state index contributed by atoms with van der Waals surface area (Å²) in [4.78, 5) is 21.4. The molecule has 0 heterocycles. The Bertz CT molecular complexity index is 171. The van der Waals surface area contributed by atoms with E-state index in [1.54, 1.807) is 0 Å². The molecule has 0 saturated heterocycles. The van der Waals surface area contributed by atoms with Crippen molar-refractivity contribution in [2.45, 2.75) is 0 Å². The summed E-state index contributed by atoms with van der Waals surface area (Å²) < 4.78 is 8.94. The van der Waals surface area contributed by atoms with Gasteiger partial charge in [0.05, 0.1) is 11.8 Å². The number of rotatable bonds is 4. The Labute approximate surface area is 90.8 Å². The zero-order valence-electron chi connectivity index (χ0n) is 7.22. The summed E-state index contributed by atoms with van der Waals surface area (Å²) in [5, 5.41) is 0. The monoisotopic (exact) mass is 244 g/mol. The summed E-state index contributed by atoms with van der Waals surface area (Å²) in [6.45, 7) is 0.123. The largest absolute Gasteiger partial charge is 0.447 e. The summed E-state index contributed by atoms with van der Waals surface area (Å²) >= 11 is 10.5. The van der Waals surface area contributed by atoms with Crippen LogP contribution in [0.1, 0.15) is 0 Å². The maximum absolute atomic E-state index is 10.7. The summed E-state index contributed by atoms with van der Waals surface area (Å²) in [5.74, 6) is 0.369. The molecule has 0 saturated carbocycles. The Hall–Kier alpha value is -0.880. The van der Waals surface area contributed by atoms with Gasteiger partial charge in [0.25, 0.3) is 0 Å². The fourth-order valence-corrected chi connectivity index (χ4v) is 0.591. The topological polar surface area (TPSA) is 76.7 Å². The molecular weight excluding hydrogens is 235 g/mol. The van der Waals surface area contributed by atoms with Crippen LogP contribution in [-0.4, -0.2) is 37.2 Å². The highest BCUT2D eigenvalue weighted by Gasteiger charge is 2.04. The van der Waals surface area contributed by atoms with Gasteiger partial charge in [0, 0.05) is 0 Å². The van der Waals surface area contributed by atoms with Crippen LogP contribution in [0.25, 0.3) is 0 Å². The predicted octanol–water partition coefficient (Wildman–Crippen LogP) is 0.831. The number of hydrogen-bond donors (Lipinski definition) is 2. The van der Waals surface area contributed by atoms with Crippen LogP contribution in [0.3, 0.4) is 0 Å². The Balaban J connectivity index is 3.41. The predicted molar refractivity (Wildman–Crippen MR) is 50.4 cm³/mol. The van der Waals surface area contributed by atoms with Gasteiger partial charge in [0.1, 0.15) is 13.2 Å². The lowest BCUT2D eigenvalue weighted by atomic mass is 10.8. The van der Waals surface area contributed by atoms with Crippen LogP contribution in [0.4, 0.5) is 9.59 Å². The third-order valence-corrected chi connectivity index (χ3v) is 1.20. The first-order chi connectivity index (χ1) is 6.70. The summed E-state index contributed by atoms with van der Waals surface area (Å²) in [6, 6.07) is 0. The molecule has 0 aliphatic carbocycles. The number of carbonyl (C=O) groups excluding carboxylic acids is 2. The molecule has 0 bridgehead atoms. The number of hydrogen-bond acceptors (Lipinski definition) is 4. The van der Waals surface area contributed by atoms with Crippen LogP contribution in [0, 0.1) is 0 Å². The van der Waals surface area contributed by atoms with Gasteiger partial charge < -0.3 is 9.47 Å². The van der Waals surface area contributed by atoms with Gasteiger partial charge in [-0.25, -0.2) is 20.4 Å². The van der Waals surface area contributed by atoms with Crippen molar-refractivity contribution in [3.8, 4) is 0 Å². The number of amides is 2. The number of halogens is 2. The molecule has 8 heteroatoms. The first-order valence-corrected chi connectivity index (χ1v) is 4.75. The Kier molecular flexibility index (Phi) is 8.16. The molecule has 0 rings (SSSR count). The molecule has 0 aliphatic heterocycles. The minimum absolute atomic E-state index is 0.0613. The molecule has 82 valence electrons. The molecule has 14 heavy (non-hydrogen) atoms. The zero-order chi connectivity index (χ0) is 10.8. The van der Waals surface area contributed by atoms with E-state index in [4.69, 9.17) is 23.2 Å². The number of nitrogens with one attached hydrogen (secondary N) is 2. The van der Waals surface area contributed by atoms with E-state index in [1.165, 1.54) is 0 Å². The number of carbonyl (C=O) groups is 2. The van der Waals surface area contributed by atoms with Crippen LogP contribution < -0.4 is 10.9 Å². The molecule has 0 aromatic heterocycles. The van der Waals surface area contributed by atoms with Crippen molar-refractivity contribution in [2.75, 3.05) is 25.0 Å². The molecule has 2 N–H and O–H groups in total. The first kappa shape index (κ1) is 13.1. The molecule has 0 spiro atoms. The standard InChI is InChI=1S/C6H10Cl2N2O4/c7-1-3-13-5(11)9-10-6(12)14-4-2-8/h1-4H2,(H,9,11)(H,10,12). The van der Waals surface area contributed by atoms with Crippen LogP contribution in [0.15, 0.2) is 0 Å². The summed E-state index contributed by atoms with van der Waals surface area (Å²) in [6.07, 6.45) is -1.62. The van der Waals surface area contributed by atoms with Gasteiger partial charge in [0.15, 0.2) is 0 Å². The molecule has 0 aliphatic rings. The van der Waals surface area contributed by atoms with Crippen molar-refractivity contribution in [1.29, 1.82) is 0 Å². The first-order valence-electron chi connectivity index (χ1n) is 3.68. The number of alkyl halides is 2. The highest BCUT2D eigenvalue weighted by molar-refractivity contribution is 6.18. The Morgan fingerprint density at radius 1 is 0.929 bits per heavy atom. The van der Waals surface area contributed by atoms with Crippen molar-refractivity contribution in [1.82, 2.24) is 10.9 Å². The molecule has 0 radical (unpaired) electrons. The second-order valence-electron chi connectivity index (χ2n) is 1.90. The van der Waals surface area contributed by atoms with E-state index in [2.05, 4.69) is 9.47 Å². The molecular formula is C6H10Cl2N2O4. The van der Waals surface area contributed by atoms with E-state index in [-0.39, 0.29) is 25.0 Å². The van der Waals surface area contributed by atoms with E-state index in [9.17, 15) is 9.59 Å². The molecule has 0 aromatic rings. The average molecular weight is 245 g/mol. The van der Waals surface area contributed by atoms with Gasteiger partial charge in [-0.05, 0) is 0 Å². The van der Waals surface area contributed by atoms with Gasteiger partial charge in [0.2, 0.25) is 0 Å². The van der Waals surface area contributed by atoms with Crippen molar-refractivity contribution in [3.63, 3.8) is 0 Å². The Morgan fingerprint density at radius 3 is 1.57 bits per heavy atom. The lowest BCUT2D eigenvalue weighted by molar-refractivity contribution is 0.130. The quantitative estimate of drug-likeness (QED) is 0.568. The lowest BCUT2D eigenvalue weighted by Crippen LogP contribution is -2.42. The fourth-order valence-electron chi connectivity index (χ4n) is 0.437. The normalized spacial score (nSPS) is 9.00. The lowest BCUT2D eigenvalue weighted by Gasteiger charge is -2.07. The summed E-state index contributed by atoms with van der Waals surface area (Å²) in [5.41, 5.74) is 3.88. The van der Waals surface area contributed by atoms with Crippen molar-refractivity contribution in [3.05, 3.63) is 0 Å². The van der Waals surface area contributed by atoms with E-state index >= 15 is 0 Å². The van der Waals surface area contributed by atoms with Crippen molar-refractivity contribution < 1.29 is 19.1 Å².